The zero-order chi connectivity index (χ0) is 16.2. The monoisotopic (exact) mass is 349 g/mol. The zero-order valence-electron chi connectivity index (χ0n) is 13.4. The molecule has 6 nitrogen and oxygen atoms in total. The molecule has 0 aliphatic carbocycles. The standard InChI is InChI=1S/C17H19N3O3.ClH/c1-2-20(17(21)8-14-5-4-13(18)9-19-14)10-12-3-6-15-16(7-12)23-11-22-15;/h3-7,9H,2,8,10-11,18H2,1H3;1H. The van der Waals surface area contributed by atoms with Gasteiger partial charge in [-0.1, -0.05) is 6.07 Å². The number of carbonyl (C=O) groups excluding carboxylic acids is 1. The van der Waals surface area contributed by atoms with E-state index in [0.29, 0.717) is 24.5 Å². The summed E-state index contributed by atoms with van der Waals surface area (Å²) in [5, 5.41) is 0. The van der Waals surface area contributed by atoms with E-state index in [1.54, 1.807) is 23.2 Å². The van der Waals surface area contributed by atoms with Crippen LogP contribution in [0.1, 0.15) is 18.2 Å². The molecule has 0 unspecified atom stereocenters. The van der Waals surface area contributed by atoms with E-state index in [1.807, 2.05) is 25.1 Å². The molecule has 7 heteroatoms. The van der Waals surface area contributed by atoms with Gasteiger partial charge in [0.2, 0.25) is 12.7 Å². The molecule has 1 aromatic heterocycles. The lowest BCUT2D eigenvalue weighted by Crippen LogP contribution is -2.31. The van der Waals surface area contributed by atoms with Crippen LogP contribution in [0.25, 0.3) is 0 Å². The van der Waals surface area contributed by atoms with Gasteiger partial charge in [0.15, 0.2) is 11.5 Å². The molecule has 128 valence electrons. The van der Waals surface area contributed by atoms with Crippen LogP contribution in [0.15, 0.2) is 36.5 Å². The molecule has 2 N–H and O–H groups in total. The first kappa shape index (κ1) is 17.9. The average molecular weight is 350 g/mol. The highest BCUT2D eigenvalue weighted by molar-refractivity contribution is 5.85. The Morgan fingerprint density at radius 1 is 1.25 bits per heavy atom. The van der Waals surface area contributed by atoms with Crippen molar-refractivity contribution in [3.63, 3.8) is 0 Å². The van der Waals surface area contributed by atoms with Crippen LogP contribution in [0.2, 0.25) is 0 Å². The number of hydrogen-bond donors (Lipinski definition) is 1. The number of benzene rings is 1. The summed E-state index contributed by atoms with van der Waals surface area (Å²) in [7, 11) is 0. The minimum absolute atomic E-state index is 0. The number of nitrogen functional groups attached to an aromatic ring is 1. The number of pyridine rings is 1. The molecule has 1 aliphatic heterocycles. The molecular weight excluding hydrogens is 330 g/mol. The van der Waals surface area contributed by atoms with Crippen molar-refractivity contribution in [3.8, 4) is 11.5 Å². The van der Waals surface area contributed by atoms with Crippen molar-refractivity contribution in [3.05, 3.63) is 47.8 Å². The largest absolute Gasteiger partial charge is 0.454 e. The Morgan fingerprint density at radius 3 is 2.75 bits per heavy atom. The smallest absolute Gasteiger partial charge is 0.231 e. The van der Waals surface area contributed by atoms with Gasteiger partial charge in [0.05, 0.1) is 18.3 Å². The highest BCUT2D eigenvalue weighted by atomic mass is 35.5. The van der Waals surface area contributed by atoms with Gasteiger partial charge in [-0.25, -0.2) is 0 Å². The molecule has 0 saturated carbocycles. The van der Waals surface area contributed by atoms with Crippen molar-refractivity contribution >= 4 is 24.0 Å². The molecule has 0 radical (unpaired) electrons. The van der Waals surface area contributed by atoms with Gasteiger partial charge in [-0.05, 0) is 36.8 Å². The number of aromatic nitrogens is 1. The Bertz CT molecular complexity index is 707. The normalized spacial score (nSPS) is 11.7. The molecule has 0 saturated heterocycles. The van der Waals surface area contributed by atoms with Crippen LogP contribution < -0.4 is 15.2 Å². The summed E-state index contributed by atoms with van der Waals surface area (Å²) in [6.45, 7) is 3.36. The van der Waals surface area contributed by atoms with Gasteiger partial charge < -0.3 is 20.1 Å². The van der Waals surface area contributed by atoms with Gasteiger partial charge in [-0.15, -0.1) is 12.4 Å². The van der Waals surface area contributed by atoms with Crippen LogP contribution in [0, 0.1) is 0 Å². The summed E-state index contributed by atoms with van der Waals surface area (Å²) in [6.07, 6.45) is 1.83. The van der Waals surface area contributed by atoms with Crippen LogP contribution in [0.3, 0.4) is 0 Å². The highest BCUT2D eigenvalue weighted by Gasteiger charge is 2.17. The summed E-state index contributed by atoms with van der Waals surface area (Å²) < 4.78 is 10.7. The second-order valence-corrected chi connectivity index (χ2v) is 5.36. The summed E-state index contributed by atoms with van der Waals surface area (Å²) in [6, 6.07) is 9.27. The topological polar surface area (TPSA) is 77.7 Å². The fourth-order valence-corrected chi connectivity index (χ4v) is 2.44. The Hall–Kier alpha value is -2.47. The molecule has 24 heavy (non-hydrogen) atoms. The third-order valence-electron chi connectivity index (χ3n) is 3.72. The molecular formula is C17H20ClN3O3. The van der Waals surface area contributed by atoms with Crippen molar-refractivity contribution in [2.45, 2.75) is 19.9 Å². The predicted molar refractivity (Wildman–Crippen MR) is 93.3 cm³/mol. The Morgan fingerprint density at radius 2 is 2.04 bits per heavy atom. The first-order valence-corrected chi connectivity index (χ1v) is 7.52. The number of halogens is 1. The van der Waals surface area contributed by atoms with E-state index in [-0.39, 0.29) is 31.5 Å². The Balaban J connectivity index is 0.00000208. The van der Waals surface area contributed by atoms with E-state index in [1.165, 1.54) is 0 Å². The van der Waals surface area contributed by atoms with E-state index in [4.69, 9.17) is 15.2 Å². The molecule has 2 aromatic rings. The predicted octanol–water partition coefficient (Wildman–Crippen LogP) is 2.41. The van der Waals surface area contributed by atoms with Gasteiger partial charge >= 0.3 is 0 Å². The number of fused-ring (bicyclic) bond motifs is 1. The van der Waals surface area contributed by atoms with Gasteiger partial charge in [0.25, 0.3) is 0 Å². The first-order chi connectivity index (χ1) is 11.2. The number of rotatable bonds is 5. The van der Waals surface area contributed by atoms with Crippen LogP contribution in [-0.4, -0.2) is 29.1 Å². The van der Waals surface area contributed by atoms with Crippen LogP contribution in [-0.2, 0) is 17.8 Å². The SMILES string of the molecule is CCN(Cc1ccc2c(c1)OCO2)C(=O)Cc1ccc(N)cn1.Cl. The number of ether oxygens (including phenoxy) is 2. The number of nitrogens with zero attached hydrogens (tertiary/aromatic N) is 2. The summed E-state index contributed by atoms with van der Waals surface area (Å²) >= 11 is 0. The molecule has 1 amide bonds. The lowest BCUT2D eigenvalue weighted by atomic mass is 10.1. The third kappa shape index (κ3) is 4.08. The maximum Gasteiger partial charge on any atom is 0.231 e. The van der Waals surface area contributed by atoms with E-state index < -0.39 is 0 Å². The second kappa shape index (κ2) is 7.88. The number of carbonyl (C=O) groups is 1. The van der Waals surface area contributed by atoms with Crippen molar-refractivity contribution in [1.82, 2.24) is 9.88 Å². The van der Waals surface area contributed by atoms with Crippen LogP contribution >= 0.6 is 12.4 Å². The average Bonchev–Trinajstić information content (AvgIpc) is 3.02. The number of likely N-dealkylation sites (N-methyl/N-ethyl adjacent to an activating group) is 1. The first-order valence-electron chi connectivity index (χ1n) is 7.52. The number of hydrogen-bond acceptors (Lipinski definition) is 5. The van der Waals surface area contributed by atoms with E-state index in [0.717, 1.165) is 17.1 Å². The van der Waals surface area contributed by atoms with E-state index in [2.05, 4.69) is 4.98 Å². The lowest BCUT2D eigenvalue weighted by molar-refractivity contribution is -0.130. The van der Waals surface area contributed by atoms with Crippen molar-refractivity contribution < 1.29 is 14.3 Å². The minimum atomic E-state index is 0. The summed E-state index contributed by atoms with van der Waals surface area (Å²) in [5.41, 5.74) is 7.93. The summed E-state index contributed by atoms with van der Waals surface area (Å²) in [5.74, 6) is 1.50. The fraction of sp³-hybridized carbons (Fsp3) is 0.294. The number of amides is 1. The maximum absolute atomic E-state index is 12.5. The quantitative estimate of drug-likeness (QED) is 0.896. The third-order valence-corrected chi connectivity index (χ3v) is 3.72. The molecule has 2 heterocycles. The van der Waals surface area contributed by atoms with Gasteiger partial charge in [0, 0.05) is 18.8 Å². The Kier molecular flexibility index (Phi) is 5.87. The molecule has 3 rings (SSSR count). The van der Waals surface area contributed by atoms with Crippen LogP contribution in [0.5, 0.6) is 11.5 Å². The molecule has 1 aromatic carbocycles. The maximum atomic E-state index is 12.5. The van der Waals surface area contributed by atoms with Crippen molar-refractivity contribution in [2.24, 2.45) is 0 Å². The van der Waals surface area contributed by atoms with Gasteiger partial charge in [-0.2, -0.15) is 0 Å². The second-order valence-electron chi connectivity index (χ2n) is 5.36. The number of nitrogens with two attached hydrogens (primary N) is 1. The highest BCUT2D eigenvalue weighted by Crippen LogP contribution is 2.32. The van der Waals surface area contributed by atoms with E-state index in [9.17, 15) is 4.79 Å². The minimum Gasteiger partial charge on any atom is -0.454 e. The summed E-state index contributed by atoms with van der Waals surface area (Å²) in [4.78, 5) is 18.4. The van der Waals surface area contributed by atoms with E-state index >= 15 is 0 Å². The lowest BCUT2D eigenvalue weighted by Gasteiger charge is -2.21. The molecule has 0 bridgehead atoms. The number of anilines is 1. The molecule has 0 atom stereocenters. The van der Waals surface area contributed by atoms with Crippen molar-refractivity contribution in [2.75, 3.05) is 19.1 Å². The van der Waals surface area contributed by atoms with Crippen LogP contribution in [0.4, 0.5) is 5.69 Å². The Labute approximate surface area is 147 Å². The van der Waals surface area contributed by atoms with Gasteiger partial charge in [-0.3, -0.25) is 9.78 Å². The zero-order valence-corrected chi connectivity index (χ0v) is 14.2. The van der Waals surface area contributed by atoms with Crippen molar-refractivity contribution in [1.29, 1.82) is 0 Å². The van der Waals surface area contributed by atoms with Gasteiger partial charge in [0.1, 0.15) is 0 Å². The fourth-order valence-electron chi connectivity index (χ4n) is 2.44. The molecule has 0 fully saturated rings. The molecule has 0 spiro atoms. The molecule has 1 aliphatic rings.